The van der Waals surface area contributed by atoms with Crippen LogP contribution in [0.3, 0.4) is 0 Å². The van der Waals surface area contributed by atoms with Crippen LogP contribution < -0.4 is 0 Å². The summed E-state index contributed by atoms with van der Waals surface area (Å²) in [5.74, 6) is 5.88. The number of aryl methyl sites for hydroxylation is 1. The van der Waals surface area contributed by atoms with Gasteiger partial charge in [-0.15, -0.1) is 0 Å². The number of ether oxygens (including phenoxy) is 4. The van der Waals surface area contributed by atoms with E-state index in [2.05, 4.69) is 11.8 Å². The molecule has 0 fully saturated rings. The Kier molecular flexibility index (Phi) is 13.2. The summed E-state index contributed by atoms with van der Waals surface area (Å²) < 4.78 is 50.5. The van der Waals surface area contributed by atoms with Gasteiger partial charge in [-0.1, -0.05) is 41.7 Å². The predicted molar refractivity (Wildman–Crippen MR) is 131 cm³/mol. The Labute approximate surface area is 207 Å². The highest BCUT2D eigenvalue weighted by Gasteiger charge is 2.14. The van der Waals surface area contributed by atoms with E-state index in [-0.39, 0.29) is 30.5 Å². The van der Waals surface area contributed by atoms with Crippen LogP contribution in [0.15, 0.2) is 53.4 Å². The zero-order chi connectivity index (χ0) is 25.4. The molecule has 0 radical (unpaired) electrons. The summed E-state index contributed by atoms with van der Waals surface area (Å²) in [6.07, 6.45) is 0. The maximum atomic E-state index is 12.0. The Hall–Kier alpha value is -2.58. The summed E-state index contributed by atoms with van der Waals surface area (Å²) in [6, 6.07) is 13.6. The van der Waals surface area contributed by atoms with Gasteiger partial charge in [0.15, 0.2) is 5.78 Å². The summed E-state index contributed by atoms with van der Waals surface area (Å²) in [5.41, 5.74) is 2.39. The van der Waals surface area contributed by atoms with Crippen molar-refractivity contribution in [3.05, 3.63) is 65.2 Å². The van der Waals surface area contributed by atoms with Crippen molar-refractivity contribution < 1.29 is 36.3 Å². The van der Waals surface area contributed by atoms with Crippen LogP contribution in [0.5, 0.6) is 0 Å². The number of rotatable bonds is 16. The molecule has 2 rings (SSSR count). The first kappa shape index (κ1) is 28.7. The molecule has 0 amide bonds. The van der Waals surface area contributed by atoms with E-state index in [4.69, 9.17) is 23.1 Å². The average molecular weight is 505 g/mol. The van der Waals surface area contributed by atoms with E-state index in [0.29, 0.717) is 45.2 Å². The van der Waals surface area contributed by atoms with E-state index < -0.39 is 10.1 Å². The fourth-order valence-corrected chi connectivity index (χ4v) is 3.61. The molecule has 2 aromatic rings. The third-order valence-corrected chi connectivity index (χ3v) is 5.89. The molecule has 0 heterocycles. The first-order valence-electron chi connectivity index (χ1n) is 11.3. The van der Waals surface area contributed by atoms with Gasteiger partial charge in [-0.2, -0.15) is 8.42 Å². The summed E-state index contributed by atoms with van der Waals surface area (Å²) in [4.78, 5) is 11.5. The van der Waals surface area contributed by atoms with Crippen molar-refractivity contribution in [3.8, 4) is 11.8 Å². The Morgan fingerprint density at radius 3 is 1.97 bits per heavy atom. The van der Waals surface area contributed by atoms with Crippen molar-refractivity contribution in [1.29, 1.82) is 0 Å². The first-order chi connectivity index (χ1) is 16.9. The lowest BCUT2D eigenvalue weighted by Gasteiger charge is -2.08. The molecular formula is C26H32O8S. The summed E-state index contributed by atoms with van der Waals surface area (Å²) in [5, 5.41) is 0. The van der Waals surface area contributed by atoms with Crippen molar-refractivity contribution in [2.45, 2.75) is 18.7 Å². The summed E-state index contributed by atoms with van der Waals surface area (Å²) in [7, 11) is -3.77. The van der Waals surface area contributed by atoms with Gasteiger partial charge in [0.25, 0.3) is 10.1 Å². The lowest BCUT2D eigenvalue weighted by atomic mass is 10.1. The van der Waals surface area contributed by atoms with Gasteiger partial charge >= 0.3 is 0 Å². The topological polar surface area (TPSA) is 97.4 Å². The Bertz CT molecular complexity index is 1070. The van der Waals surface area contributed by atoms with Gasteiger partial charge in [-0.05, 0) is 38.1 Å². The Morgan fingerprint density at radius 2 is 1.37 bits per heavy atom. The molecule has 2 aromatic carbocycles. The van der Waals surface area contributed by atoms with Crippen molar-refractivity contribution in [3.63, 3.8) is 0 Å². The lowest BCUT2D eigenvalue weighted by Crippen LogP contribution is -2.15. The van der Waals surface area contributed by atoms with Gasteiger partial charge in [-0.3, -0.25) is 8.98 Å². The molecule has 35 heavy (non-hydrogen) atoms. The molecule has 190 valence electrons. The number of ketones is 1. The van der Waals surface area contributed by atoms with Crippen molar-refractivity contribution in [1.82, 2.24) is 0 Å². The largest absolute Gasteiger partial charge is 0.377 e. The first-order valence-corrected chi connectivity index (χ1v) is 12.7. The molecule has 8 nitrogen and oxygen atoms in total. The zero-order valence-corrected chi connectivity index (χ0v) is 21.0. The molecule has 0 N–H and O–H groups in total. The molecule has 0 atom stereocenters. The van der Waals surface area contributed by atoms with Crippen LogP contribution in [0.4, 0.5) is 0 Å². The smallest absolute Gasteiger partial charge is 0.297 e. The van der Waals surface area contributed by atoms with Gasteiger partial charge in [0.05, 0.1) is 57.8 Å². The number of hydrogen-bond acceptors (Lipinski definition) is 8. The van der Waals surface area contributed by atoms with Crippen LogP contribution in [0, 0.1) is 18.8 Å². The van der Waals surface area contributed by atoms with Crippen LogP contribution in [-0.4, -0.2) is 73.7 Å². The molecule has 0 unspecified atom stereocenters. The van der Waals surface area contributed by atoms with E-state index in [1.54, 1.807) is 30.3 Å². The van der Waals surface area contributed by atoms with E-state index in [9.17, 15) is 13.2 Å². The molecule has 0 saturated carbocycles. The van der Waals surface area contributed by atoms with Gasteiger partial charge in [-0.25, -0.2) is 0 Å². The molecule has 0 spiro atoms. The second-order valence-corrected chi connectivity index (χ2v) is 9.03. The van der Waals surface area contributed by atoms with Crippen LogP contribution in [0.25, 0.3) is 0 Å². The number of carbonyl (C=O) groups excluding carboxylic acids is 1. The van der Waals surface area contributed by atoms with Crippen LogP contribution in [-0.2, 0) is 33.2 Å². The van der Waals surface area contributed by atoms with Crippen molar-refractivity contribution in [2.75, 3.05) is 59.5 Å². The highest BCUT2D eigenvalue weighted by atomic mass is 32.2. The molecule has 0 saturated heterocycles. The minimum Gasteiger partial charge on any atom is -0.377 e. The standard InChI is InChI=1S/C26H32O8S/c1-22-8-10-26(11-9-22)35(28,29)34-20-19-33-18-17-32-16-15-31-14-13-30-12-4-6-24-5-3-7-25(21-24)23(2)27/h3,5,7-11,21H,12-20H2,1-2H3. The van der Waals surface area contributed by atoms with Crippen LogP contribution in [0.2, 0.25) is 0 Å². The number of hydrogen-bond donors (Lipinski definition) is 0. The van der Waals surface area contributed by atoms with Gasteiger partial charge < -0.3 is 18.9 Å². The van der Waals surface area contributed by atoms with E-state index in [0.717, 1.165) is 11.1 Å². The van der Waals surface area contributed by atoms with E-state index in [1.807, 2.05) is 13.0 Å². The molecule has 0 aromatic heterocycles. The average Bonchev–Trinajstić information content (AvgIpc) is 2.84. The Balaban J connectivity index is 1.39. The minimum atomic E-state index is -3.77. The normalized spacial score (nSPS) is 11.1. The zero-order valence-electron chi connectivity index (χ0n) is 20.2. The molecular weight excluding hydrogens is 472 g/mol. The third kappa shape index (κ3) is 12.1. The fourth-order valence-electron chi connectivity index (χ4n) is 2.71. The highest BCUT2D eigenvalue weighted by Crippen LogP contribution is 2.12. The third-order valence-electron chi connectivity index (χ3n) is 4.57. The van der Waals surface area contributed by atoms with Crippen molar-refractivity contribution >= 4 is 15.9 Å². The SMILES string of the molecule is CC(=O)c1cccc(C#CCOCCOCCOCCOCCOS(=O)(=O)c2ccc(C)cc2)c1. The molecule has 0 bridgehead atoms. The van der Waals surface area contributed by atoms with Crippen LogP contribution >= 0.6 is 0 Å². The number of carbonyl (C=O) groups is 1. The monoisotopic (exact) mass is 504 g/mol. The van der Waals surface area contributed by atoms with Crippen molar-refractivity contribution in [2.24, 2.45) is 0 Å². The van der Waals surface area contributed by atoms with E-state index in [1.165, 1.54) is 19.1 Å². The van der Waals surface area contributed by atoms with E-state index >= 15 is 0 Å². The molecule has 0 aliphatic heterocycles. The second-order valence-electron chi connectivity index (χ2n) is 7.42. The number of Topliss-reactive ketones (excluding diaryl/α,β-unsaturated/α-hetero) is 1. The fraction of sp³-hybridized carbons (Fsp3) is 0.423. The molecule has 0 aliphatic carbocycles. The highest BCUT2D eigenvalue weighted by molar-refractivity contribution is 7.86. The molecule has 9 heteroatoms. The lowest BCUT2D eigenvalue weighted by molar-refractivity contribution is -0.00166. The maximum absolute atomic E-state index is 12.0. The Morgan fingerprint density at radius 1 is 0.800 bits per heavy atom. The van der Waals surface area contributed by atoms with Gasteiger partial charge in [0.1, 0.15) is 6.61 Å². The maximum Gasteiger partial charge on any atom is 0.297 e. The van der Waals surface area contributed by atoms with Crippen LogP contribution in [0.1, 0.15) is 28.4 Å². The predicted octanol–water partition coefficient (Wildman–Crippen LogP) is 3.02. The van der Waals surface area contributed by atoms with Gasteiger partial charge in [0.2, 0.25) is 0 Å². The van der Waals surface area contributed by atoms with Gasteiger partial charge in [0, 0.05) is 11.1 Å². The quantitative estimate of drug-likeness (QED) is 0.149. The molecule has 0 aliphatic rings. The summed E-state index contributed by atoms with van der Waals surface area (Å²) >= 11 is 0. The minimum absolute atomic E-state index is 0.00959. The summed E-state index contributed by atoms with van der Waals surface area (Å²) in [6.45, 7) is 6.13. The second kappa shape index (κ2) is 16.2. The number of benzene rings is 2.